The summed E-state index contributed by atoms with van der Waals surface area (Å²) in [4.78, 5) is 10.8. The molecule has 4 nitrogen and oxygen atoms in total. The lowest BCUT2D eigenvalue weighted by atomic mass is 10.9. The van der Waals surface area contributed by atoms with E-state index >= 15 is 0 Å². The fourth-order valence-electron chi connectivity index (χ4n) is 0.449. The molecule has 2 bridgehead atoms. The highest BCUT2D eigenvalue weighted by Gasteiger charge is 2.17. The van der Waals surface area contributed by atoms with Crippen LogP contribution in [0.25, 0.3) is 0 Å². The average Bonchev–Trinajstić information content (AvgIpc) is 1.62. The summed E-state index contributed by atoms with van der Waals surface area (Å²) in [5.74, 6) is 0. The lowest BCUT2D eigenvalue weighted by molar-refractivity contribution is 0.331. The van der Waals surface area contributed by atoms with E-state index in [-0.39, 0.29) is 5.28 Å². The molecule has 0 unspecified atom stereocenters. The van der Waals surface area contributed by atoms with Crippen LogP contribution in [0.3, 0.4) is 0 Å². The van der Waals surface area contributed by atoms with Gasteiger partial charge in [0, 0.05) is 0 Å². The van der Waals surface area contributed by atoms with Gasteiger partial charge in [-0.15, -0.1) is 4.98 Å². The number of ether oxygens (including phenoxy) is 1. The monoisotopic (exact) mass is 129 g/mol. The van der Waals surface area contributed by atoms with Gasteiger partial charge in [-0.05, 0) is 11.6 Å². The largest absolute Gasteiger partial charge is 0.388 e. The molecular weight excluding hydrogens is 130 g/mol. The molecular formula is C3ClN3O. The molecule has 2 aliphatic rings. The van der Waals surface area contributed by atoms with E-state index in [4.69, 9.17) is 11.6 Å². The first kappa shape index (κ1) is 4.03. The number of nitrogens with zero attached hydrogens (tertiary/aromatic N) is 3. The van der Waals surface area contributed by atoms with Crippen LogP contribution in [-0.2, 0) is 0 Å². The summed E-state index contributed by atoms with van der Waals surface area (Å²) < 4.78 is 4.67. The van der Waals surface area contributed by atoms with Crippen LogP contribution in [0.1, 0.15) is 0 Å². The third kappa shape index (κ3) is 0.376. The molecule has 0 spiro atoms. The fraction of sp³-hybridized carbons (Fsp3) is 0. The smallest absolute Gasteiger partial charge is 0.331 e. The summed E-state index contributed by atoms with van der Waals surface area (Å²) in [5.41, 5.74) is 0. The molecule has 5 heteroatoms. The molecule has 0 fully saturated rings. The Bertz CT molecular complexity index is 216. The van der Waals surface area contributed by atoms with E-state index < -0.39 is 0 Å². The number of halogens is 1. The van der Waals surface area contributed by atoms with Gasteiger partial charge in [-0.2, -0.15) is 9.97 Å². The number of rotatable bonds is 0. The standard InChI is InChI=1S/C3ClN3O/c4-1-5-2-7-3(6-1)8-2. The Kier molecular flexibility index (Phi) is 0.545. The van der Waals surface area contributed by atoms with E-state index in [0.717, 1.165) is 0 Å². The predicted molar refractivity (Wildman–Crippen MR) is 24.9 cm³/mol. The summed E-state index contributed by atoms with van der Waals surface area (Å²) in [7, 11) is 0. The van der Waals surface area contributed by atoms with Crippen molar-refractivity contribution in [1.82, 2.24) is 15.0 Å². The molecule has 40 valence electrons. The minimum absolute atomic E-state index is 0.191. The summed E-state index contributed by atoms with van der Waals surface area (Å²) in [6.45, 7) is 0. The Morgan fingerprint density at radius 1 is 1.12 bits per heavy atom. The number of fused-ring (bicyclic) bond motifs is 2. The second kappa shape index (κ2) is 1.08. The number of aromatic nitrogens is 3. The maximum Gasteiger partial charge on any atom is 0.331 e. The van der Waals surface area contributed by atoms with Gasteiger partial charge in [0.05, 0.1) is 0 Å². The summed E-state index contributed by atoms with van der Waals surface area (Å²) >= 11 is 5.34. The second-order valence-electron chi connectivity index (χ2n) is 1.27. The molecule has 0 aromatic carbocycles. The highest BCUT2D eigenvalue weighted by molar-refractivity contribution is 6.28. The van der Waals surface area contributed by atoms with Gasteiger partial charge < -0.3 is 4.74 Å². The van der Waals surface area contributed by atoms with Crippen molar-refractivity contribution in [3.63, 3.8) is 0 Å². The van der Waals surface area contributed by atoms with Crippen LogP contribution in [0.5, 0.6) is 12.0 Å². The molecule has 0 saturated heterocycles. The molecule has 0 saturated carbocycles. The first-order chi connectivity index (χ1) is 3.84. The first-order valence-corrected chi connectivity index (χ1v) is 2.32. The topological polar surface area (TPSA) is 47.9 Å². The summed E-state index contributed by atoms with van der Waals surface area (Å²) in [6, 6.07) is 0.611. The zero-order valence-corrected chi connectivity index (χ0v) is 4.38. The SMILES string of the molecule is Clc1nc2nc(n1)O2. The third-order valence-corrected chi connectivity index (χ3v) is 0.919. The van der Waals surface area contributed by atoms with Gasteiger partial charge >= 0.3 is 12.0 Å². The van der Waals surface area contributed by atoms with E-state index in [0.29, 0.717) is 12.0 Å². The Morgan fingerprint density at radius 3 is 1.88 bits per heavy atom. The number of hydrogen-bond acceptors (Lipinski definition) is 4. The van der Waals surface area contributed by atoms with E-state index in [1.807, 2.05) is 0 Å². The summed E-state index contributed by atoms with van der Waals surface area (Å²) in [5, 5.41) is 0.191. The zero-order valence-electron chi connectivity index (χ0n) is 3.63. The van der Waals surface area contributed by atoms with Crippen molar-refractivity contribution in [3.05, 3.63) is 5.28 Å². The van der Waals surface area contributed by atoms with Crippen molar-refractivity contribution in [2.24, 2.45) is 0 Å². The van der Waals surface area contributed by atoms with Crippen LogP contribution in [0.15, 0.2) is 0 Å². The van der Waals surface area contributed by atoms with Gasteiger partial charge in [-0.1, -0.05) is 0 Å². The minimum atomic E-state index is 0.191. The van der Waals surface area contributed by atoms with Crippen LogP contribution in [-0.4, -0.2) is 15.0 Å². The van der Waals surface area contributed by atoms with Crippen molar-refractivity contribution in [2.45, 2.75) is 0 Å². The van der Waals surface area contributed by atoms with Gasteiger partial charge in [0.2, 0.25) is 5.28 Å². The lowest BCUT2D eigenvalue weighted by Gasteiger charge is -2.09. The van der Waals surface area contributed by atoms with Crippen LogP contribution < -0.4 is 4.74 Å². The Morgan fingerprint density at radius 2 is 1.62 bits per heavy atom. The molecule has 8 heavy (non-hydrogen) atoms. The molecule has 1 aromatic rings. The van der Waals surface area contributed by atoms with Gasteiger partial charge in [0.1, 0.15) is 0 Å². The Balaban J connectivity index is 2.69. The fourth-order valence-corrected chi connectivity index (χ4v) is 0.593. The molecule has 0 atom stereocenters. The highest BCUT2D eigenvalue weighted by Crippen LogP contribution is 2.24. The van der Waals surface area contributed by atoms with E-state index in [9.17, 15) is 0 Å². The van der Waals surface area contributed by atoms with Gasteiger partial charge in [0.15, 0.2) is 0 Å². The summed E-state index contributed by atoms with van der Waals surface area (Å²) in [6.07, 6.45) is 0. The van der Waals surface area contributed by atoms with E-state index in [2.05, 4.69) is 19.7 Å². The van der Waals surface area contributed by atoms with Crippen LogP contribution in [0.4, 0.5) is 0 Å². The predicted octanol–water partition coefficient (Wildman–Crippen LogP) is 0.631. The minimum Gasteiger partial charge on any atom is -0.388 e. The van der Waals surface area contributed by atoms with E-state index in [1.165, 1.54) is 0 Å². The molecule has 0 radical (unpaired) electrons. The lowest BCUT2D eigenvalue weighted by Crippen LogP contribution is -2.06. The van der Waals surface area contributed by atoms with E-state index in [1.54, 1.807) is 0 Å². The molecule has 0 aliphatic carbocycles. The molecule has 2 aliphatic heterocycles. The molecule has 0 amide bonds. The normalized spacial score (nSPS) is 12.1. The highest BCUT2D eigenvalue weighted by atomic mass is 35.5. The number of hydrogen-bond donors (Lipinski definition) is 0. The van der Waals surface area contributed by atoms with Gasteiger partial charge in [-0.3, -0.25) is 0 Å². The third-order valence-electron chi connectivity index (χ3n) is 0.750. The van der Waals surface area contributed by atoms with Gasteiger partial charge in [0.25, 0.3) is 0 Å². The van der Waals surface area contributed by atoms with Crippen molar-refractivity contribution in [1.29, 1.82) is 0 Å². The quantitative estimate of drug-likeness (QED) is 0.524. The molecule has 1 aromatic heterocycles. The first-order valence-electron chi connectivity index (χ1n) is 1.94. The van der Waals surface area contributed by atoms with Crippen LogP contribution in [0.2, 0.25) is 5.28 Å². The zero-order chi connectivity index (χ0) is 5.56. The Hall–Kier alpha value is -0.900. The van der Waals surface area contributed by atoms with Gasteiger partial charge in [-0.25, -0.2) is 0 Å². The van der Waals surface area contributed by atoms with Crippen molar-refractivity contribution in [3.8, 4) is 12.0 Å². The Labute approximate surface area is 49.5 Å². The maximum absolute atomic E-state index is 5.34. The maximum atomic E-state index is 5.34. The van der Waals surface area contributed by atoms with Crippen LogP contribution in [0, 0.1) is 0 Å². The molecule has 3 rings (SSSR count). The van der Waals surface area contributed by atoms with Crippen molar-refractivity contribution in [2.75, 3.05) is 0 Å². The van der Waals surface area contributed by atoms with Crippen molar-refractivity contribution < 1.29 is 4.74 Å². The molecule has 3 heterocycles. The van der Waals surface area contributed by atoms with Crippen molar-refractivity contribution >= 4 is 11.6 Å². The average molecular weight is 130 g/mol. The molecule has 0 N–H and O–H groups in total. The second-order valence-corrected chi connectivity index (χ2v) is 1.61. The van der Waals surface area contributed by atoms with Crippen LogP contribution >= 0.6 is 11.6 Å².